The molecule has 1 aliphatic rings. The number of hydrogen-bond donors (Lipinski definition) is 2. The van der Waals surface area contributed by atoms with E-state index in [1.807, 2.05) is 0 Å². The fraction of sp³-hybridized carbons (Fsp3) is 0. The van der Waals surface area contributed by atoms with E-state index in [-0.39, 0.29) is 39.9 Å². The summed E-state index contributed by atoms with van der Waals surface area (Å²) in [5, 5.41) is 32.2. The first kappa shape index (κ1) is 19.8. The first-order valence-electron chi connectivity index (χ1n) is 10.6. The summed E-state index contributed by atoms with van der Waals surface area (Å²) in [5.74, 6) is -0.506. The number of aromatic hydroxyl groups is 2. The van der Waals surface area contributed by atoms with E-state index in [2.05, 4.69) is 10.2 Å². The van der Waals surface area contributed by atoms with E-state index >= 15 is 0 Å². The highest BCUT2D eigenvalue weighted by Gasteiger charge is 2.31. The van der Waals surface area contributed by atoms with Crippen LogP contribution in [0.4, 0.5) is 11.4 Å². The summed E-state index contributed by atoms with van der Waals surface area (Å²) in [5.41, 5.74) is 1.77. The molecule has 6 rings (SSSR count). The Hall–Kier alpha value is -4.84. The molecule has 0 bridgehead atoms. The molecule has 0 spiro atoms. The number of fused-ring (bicyclic) bond motifs is 4. The highest BCUT2D eigenvalue weighted by molar-refractivity contribution is 6.30. The quantitative estimate of drug-likeness (QED) is 0.179. The van der Waals surface area contributed by atoms with Gasteiger partial charge in [-0.15, -0.1) is 10.2 Å². The Labute approximate surface area is 193 Å². The number of nitrogens with zero attached hydrogens (tertiary/aromatic N) is 2. The molecule has 0 unspecified atom stereocenters. The van der Waals surface area contributed by atoms with Crippen molar-refractivity contribution in [3.63, 3.8) is 0 Å². The first-order valence-corrected chi connectivity index (χ1v) is 10.6. The Bertz CT molecular complexity index is 1720. The second-order valence-electron chi connectivity index (χ2n) is 8.05. The number of ketones is 2. The van der Waals surface area contributed by atoms with Crippen molar-refractivity contribution in [3.8, 4) is 11.5 Å². The first-order chi connectivity index (χ1) is 16.6. The Morgan fingerprint density at radius 2 is 1.03 bits per heavy atom. The smallest absolute Gasteiger partial charge is 0.196 e. The van der Waals surface area contributed by atoms with Crippen molar-refractivity contribution in [2.45, 2.75) is 0 Å². The number of phenolic OH excluding ortho intramolecular Hbond substituents is 2. The monoisotopic (exact) mass is 444 g/mol. The number of hydrogen-bond acceptors (Lipinski definition) is 6. The average molecular weight is 444 g/mol. The fourth-order valence-electron chi connectivity index (χ4n) is 4.56. The van der Waals surface area contributed by atoms with Crippen molar-refractivity contribution < 1.29 is 19.8 Å². The maximum atomic E-state index is 13.2. The maximum Gasteiger partial charge on any atom is 0.196 e. The largest absolute Gasteiger partial charge is 0.507 e. The molecule has 2 N–H and O–H groups in total. The lowest BCUT2D eigenvalue weighted by molar-refractivity contribution is 0.0979. The van der Waals surface area contributed by atoms with Crippen molar-refractivity contribution in [1.29, 1.82) is 0 Å². The molecule has 0 aromatic heterocycles. The summed E-state index contributed by atoms with van der Waals surface area (Å²) in [6.07, 6.45) is 0. The Balaban J connectivity index is 1.53. The van der Waals surface area contributed by atoms with Gasteiger partial charge in [-0.25, -0.2) is 0 Å². The summed E-state index contributed by atoms with van der Waals surface area (Å²) in [4.78, 5) is 26.2. The van der Waals surface area contributed by atoms with Gasteiger partial charge in [0.2, 0.25) is 0 Å². The van der Waals surface area contributed by atoms with E-state index < -0.39 is 0 Å². The van der Waals surface area contributed by atoms with Gasteiger partial charge in [-0.1, -0.05) is 72.8 Å². The van der Waals surface area contributed by atoms with Crippen LogP contribution in [0.3, 0.4) is 0 Å². The molecule has 34 heavy (non-hydrogen) atoms. The number of carbonyl (C=O) groups is 2. The highest BCUT2D eigenvalue weighted by Crippen LogP contribution is 2.45. The molecule has 6 nitrogen and oxygen atoms in total. The van der Waals surface area contributed by atoms with Crippen LogP contribution in [-0.2, 0) is 0 Å². The molecule has 6 heteroatoms. The summed E-state index contributed by atoms with van der Waals surface area (Å²) < 4.78 is 0. The summed E-state index contributed by atoms with van der Waals surface area (Å²) >= 11 is 0. The molecular formula is C28H16N2O4. The van der Waals surface area contributed by atoms with Gasteiger partial charge in [0.25, 0.3) is 0 Å². The Morgan fingerprint density at radius 3 is 1.79 bits per heavy atom. The van der Waals surface area contributed by atoms with Crippen molar-refractivity contribution in [1.82, 2.24) is 0 Å². The van der Waals surface area contributed by atoms with Crippen molar-refractivity contribution in [2.75, 3.05) is 0 Å². The number of benzene rings is 5. The predicted molar refractivity (Wildman–Crippen MR) is 129 cm³/mol. The third-order valence-electron chi connectivity index (χ3n) is 6.17. The second kappa shape index (κ2) is 7.35. The third-order valence-corrected chi connectivity index (χ3v) is 6.17. The minimum atomic E-state index is -0.288. The molecular weight excluding hydrogens is 428 g/mol. The number of phenols is 2. The van der Waals surface area contributed by atoms with Crippen LogP contribution in [0.25, 0.3) is 21.5 Å². The molecule has 5 aromatic carbocycles. The Morgan fingerprint density at radius 1 is 0.500 bits per heavy atom. The van der Waals surface area contributed by atoms with E-state index in [0.29, 0.717) is 38.4 Å². The van der Waals surface area contributed by atoms with Gasteiger partial charge in [0, 0.05) is 32.8 Å². The minimum Gasteiger partial charge on any atom is -0.507 e. The van der Waals surface area contributed by atoms with Gasteiger partial charge >= 0.3 is 0 Å². The summed E-state index contributed by atoms with van der Waals surface area (Å²) in [6, 6.07) is 23.7. The molecule has 0 amide bonds. The van der Waals surface area contributed by atoms with E-state index in [9.17, 15) is 19.8 Å². The lowest BCUT2D eigenvalue weighted by Crippen LogP contribution is -2.20. The zero-order valence-corrected chi connectivity index (χ0v) is 17.7. The van der Waals surface area contributed by atoms with Crippen LogP contribution in [-0.4, -0.2) is 21.8 Å². The number of rotatable bonds is 2. The second-order valence-corrected chi connectivity index (χ2v) is 8.05. The SMILES string of the molecule is O=C1c2ccccc2C(=O)c2c(N=Nc3cccc4c(O)c5ccccc5c(O)c34)cccc21. The molecule has 162 valence electrons. The summed E-state index contributed by atoms with van der Waals surface area (Å²) in [6.45, 7) is 0. The number of carbonyl (C=O) groups excluding carboxylic acids is 2. The average Bonchev–Trinajstić information content (AvgIpc) is 2.88. The molecule has 0 atom stereocenters. The van der Waals surface area contributed by atoms with Gasteiger partial charge in [0.1, 0.15) is 11.5 Å². The molecule has 0 fully saturated rings. The van der Waals surface area contributed by atoms with Crippen LogP contribution in [0.5, 0.6) is 11.5 Å². The lowest BCUT2D eigenvalue weighted by Gasteiger charge is -2.18. The molecule has 5 aromatic rings. The molecule has 0 saturated carbocycles. The van der Waals surface area contributed by atoms with Gasteiger partial charge in [0.05, 0.1) is 22.3 Å². The zero-order chi connectivity index (χ0) is 23.4. The van der Waals surface area contributed by atoms with Gasteiger partial charge < -0.3 is 10.2 Å². The Kier molecular flexibility index (Phi) is 4.28. The van der Waals surface area contributed by atoms with Crippen molar-refractivity contribution >= 4 is 44.5 Å². The topological polar surface area (TPSA) is 99.3 Å². The van der Waals surface area contributed by atoms with Crippen LogP contribution in [0, 0.1) is 0 Å². The van der Waals surface area contributed by atoms with E-state index in [4.69, 9.17) is 0 Å². The normalized spacial score (nSPS) is 12.9. The molecule has 0 radical (unpaired) electrons. The number of azo groups is 1. The van der Waals surface area contributed by atoms with Gasteiger partial charge in [-0.3, -0.25) is 9.59 Å². The molecule has 0 aliphatic heterocycles. The maximum absolute atomic E-state index is 13.2. The summed E-state index contributed by atoms with van der Waals surface area (Å²) in [7, 11) is 0. The van der Waals surface area contributed by atoms with Crippen LogP contribution in [0.1, 0.15) is 31.8 Å². The van der Waals surface area contributed by atoms with Crippen molar-refractivity contribution in [3.05, 3.63) is 107 Å². The van der Waals surface area contributed by atoms with Crippen LogP contribution in [0.15, 0.2) is 95.2 Å². The molecule has 0 saturated heterocycles. The fourth-order valence-corrected chi connectivity index (χ4v) is 4.56. The molecule has 0 heterocycles. The van der Waals surface area contributed by atoms with Gasteiger partial charge in [-0.2, -0.15) is 0 Å². The standard InChI is InChI=1S/C28H16N2O4/c31-25-15-7-1-3-9-17(15)27(33)23-19(25)11-5-13-21(23)29-30-22-14-6-12-20-24(22)28(34)18-10-4-2-8-16(18)26(20)32/h1-14,31,33H. The lowest BCUT2D eigenvalue weighted by atomic mass is 9.83. The minimum absolute atomic E-state index is 0.0202. The predicted octanol–water partition coefficient (Wildman–Crippen LogP) is 6.60. The van der Waals surface area contributed by atoms with Crippen LogP contribution in [0.2, 0.25) is 0 Å². The van der Waals surface area contributed by atoms with Crippen molar-refractivity contribution in [2.24, 2.45) is 10.2 Å². The zero-order valence-electron chi connectivity index (χ0n) is 17.7. The van der Waals surface area contributed by atoms with Gasteiger partial charge in [0.15, 0.2) is 11.6 Å². The van der Waals surface area contributed by atoms with Gasteiger partial charge in [-0.05, 0) is 12.1 Å². The molecule has 1 aliphatic carbocycles. The highest BCUT2D eigenvalue weighted by atomic mass is 16.3. The van der Waals surface area contributed by atoms with E-state index in [0.717, 1.165) is 0 Å². The van der Waals surface area contributed by atoms with E-state index in [1.165, 1.54) is 0 Å². The van der Waals surface area contributed by atoms with Crippen LogP contribution >= 0.6 is 0 Å². The van der Waals surface area contributed by atoms with Crippen LogP contribution < -0.4 is 0 Å². The third kappa shape index (κ3) is 2.75. The van der Waals surface area contributed by atoms with E-state index in [1.54, 1.807) is 84.9 Å².